The number of nitrogens with zero attached hydrogens (tertiary/aromatic N) is 6. The van der Waals surface area contributed by atoms with Crippen molar-refractivity contribution in [3.05, 3.63) is 46.9 Å². The molecule has 0 saturated carbocycles. The van der Waals surface area contributed by atoms with Crippen molar-refractivity contribution in [3.63, 3.8) is 0 Å². The Bertz CT molecular complexity index is 1120. The van der Waals surface area contributed by atoms with E-state index in [0.29, 0.717) is 40.9 Å². The lowest BCUT2D eigenvalue weighted by Gasteiger charge is -2.52. The van der Waals surface area contributed by atoms with Crippen LogP contribution in [0.4, 0.5) is 5.69 Å². The van der Waals surface area contributed by atoms with Crippen LogP contribution in [0.5, 0.6) is 0 Å². The standard InChI is InChI=1S/C21H24N6O4S2/c1-4-12(2)14-6-5-7-16(8-14)25(11-28)18-19(29)26-17(21(30)31)15(9-32-20(18)26)10-33-27-13(3)22-23-24-27/h5-8,11-12,18,20H,4,9-10H2,1-3H3,(H,30,31)/t12?,18?,20-/m1/s1. The number of benzene rings is 1. The number of hydrogen-bond donors (Lipinski definition) is 1. The SMILES string of the molecule is CCC(C)c1cccc(N(C=O)C2C(=O)N3C(C(=O)O)=C(CSn4nnnc4C)CS[C@H]23)c1. The molecule has 2 unspecified atom stereocenters. The molecule has 1 fully saturated rings. The number of anilines is 1. The normalized spacial score (nSPS) is 20.8. The zero-order valence-corrected chi connectivity index (χ0v) is 20.0. The van der Waals surface area contributed by atoms with Crippen LogP contribution in [-0.2, 0) is 14.4 Å². The van der Waals surface area contributed by atoms with Crippen LogP contribution < -0.4 is 4.90 Å². The molecule has 4 rings (SSSR count). The van der Waals surface area contributed by atoms with Crippen molar-refractivity contribution in [3.8, 4) is 0 Å². The lowest BCUT2D eigenvalue weighted by atomic mass is 9.97. The Morgan fingerprint density at radius 3 is 2.88 bits per heavy atom. The van der Waals surface area contributed by atoms with Crippen molar-refractivity contribution in [2.24, 2.45) is 0 Å². The van der Waals surface area contributed by atoms with Gasteiger partial charge in [-0.05, 0) is 64.9 Å². The van der Waals surface area contributed by atoms with E-state index in [-0.39, 0.29) is 5.70 Å². The van der Waals surface area contributed by atoms with Crippen molar-refractivity contribution >= 4 is 47.7 Å². The third kappa shape index (κ3) is 4.24. The minimum atomic E-state index is -1.16. The predicted molar refractivity (Wildman–Crippen MR) is 126 cm³/mol. The van der Waals surface area contributed by atoms with Crippen LogP contribution >= 0.6 is 23.7 Å². The molecule has 2 aliphatic heterocycles. The molecule has 0 aliphatic carbocycles. The molecule has 1 aromatic carbocycles. The summed E-state index contributed by atoms with van der Waals surface area (Å²) < 4.78 is 1.52. The van der Waals surface area contributed by atoms with Gasteiger partial charge in [-0.25, -0.2) is 4.79 Å². The molecule has 0 bridgehead atoms. The molecule has 174 valence electrons. The van der Waals surface area contributed by atoms with Gasteiger partial charge in [0.05, 0.1) is 0 Å². The molecule has 12 heteroatoms. The van der Waals surface area contributed by atoms with E-state index in [1.165, 1.54) is 37.6 Å². The number of rotatable bonds is 9. The van der Waals surface area contributed by atoms with Crippen LogP contribution in [0.25, 0.3) is 0 Å². The van der Waals surface area contributed by atoms with Gasteiger partial charge in [0.2, 0.25) is 6.41 Å². The number of amides is 2. The Balaban J connectivity index is 1.58. The van der Waals surface area contributed by atoms with Gasteiger partial charge < -0.3 is 5.11 Å². The summed E-state index contributed by atoms with van der Waals surface area (Å²) in [7, 11) is 0. The average Bonchev–Trinajstić information content (AvgIpc) is 3.24. The largest absolute Gasteiger partial charge is 0.477 e. The fourth-order valence-electron chi connectivity index (χ4n) is 3.89. The summed E-state index contributed by atoms with van der Waals surface area (Å²) in [5.74, 6) is 0.122. The van der Waals surface area contributed by atoms with Gasteiger partial charge in [-0.1, -0.05) is 26.0 Å². The minimum absolute atomic E-state index is 0.0163. The zero-order chi connectivity index (χ0) is 23.7. The maximum Gasteiger partial charge on any atom is 0.352 e. The first-order valence-corrected chi connectivity index (χ1v) is 12.5. The van der Waals surface area contributed by atoms with Gasteiger partial charge in [-0.3, -0.25) is 19.4 Å². The molecular weight excluding hydrogens is 464 g/mol. The number of carbonyl (C=O) groups excluding carboxylic acids is 2. The van der Waals surface area contributed by atoms with Crippen molar-refractivity contribution < 1.29 is 19.5 Å². The number of fused-ring (bicyclic) bond motifs is 1. The molecule has 10 nitrogen and oxygen atoms in total. The van der Waals surface area contributed by atoms with Crippen molar-refractivity contribution in [1.29, 1.82) is 0 Å². The van der Waals surface area contributed by atoms with E-state index in [1.807, 2.05) is 18.2 Å². The zero-order valence-electron chi connectivity index (χ0n) is 18.4. The second-order valence-electron chi connectivity index (χ2n) is 7.90. The quantitative estimate of drug-likeness (QED) is 0.418. The Labute approximate surface area is 199 Å². The van der Waals surface area contributed by atoms with Gasteiger partial charge in [-0.2, -0.15) is 4.09 Å². The summed E-state index contributed by atoms with van der Waals surface area (Å²) in [5.41, 5.74) is 2.33. The summed E-state index contributed by atoms with van der Waals surface area (Å²) >= 11 is 2.72. The number of aliphatic carboxylic acids is 1. The maximum atomic E-state index is 13.2. The van der Waals surface area contributed by atoms with Gasteiger partial charge in [-0.15, -0.1) is 16.9 Å². The Morgan fingerprint density at radius 2 is 2.24 bits per heavy atom. The van der Waals surface area contributed by atoms with E-state index in [0.717, 1.165) is 12.0 Å². The van der Waals surface area contributed by atoms with Crippen LogP contribution in [0.1, 0.15) is 37.6 Å². The maximum absolute atomic E-state index is 13.2. The smallest absolute Gasteiger partial charge is 0.352 e. The summed E-state index contributed by atoms with van der Waals surface area (Å²) in [6.45, 7) is 5.95. The fraction of sp³-hybridized carbons (Fsp3) is 0.429. The molecule has 2 aliphatic rings. The number of tetrazole rings is 1. The van der Waals surface area contributed by atoms with E-state index in [4.69, 9.17) is 0 Å². The van der Waals surface area contributed by atoms with E-state index in [2.05, 4.69) is 29.4 Å². The lowest BCUT2D eigenvalue weighted by Crippen LogP contribution is -2.70. The van der Waals surface area contributed by atoms with E-state index in [1.54, 1.807) is 13.0 Å². The second-order valence-corrected chi connectivity index (χ2v) is 9.90. The topological polar surface area (TPSA) is 122 Å². The van der Waals surface area contributed by atoms with Crippen LogP contribution in [0.15, 0.2) is 35.5 Å². The Kier molecular flexibility index (Phi) is 6.75. The number of carbonyl (C=O) groups is 3. The molecule has 1 aromatic heterocycles. The number of thioether (sulfide) groups is 1. The first kappa shape index (κ1) is 23.3. The van der Waals surface area contributed by atoms with Gasteiger partial charge in [0.1, 0.15) is 17.1 Å². The molecule has 33 heavy (non-hydrogen) atoms. The molecular formula is C21H24N6O4S2. The number of aryl methyl sites for hydroxylation is 1. The van der Waals surface area contributed by atoms with Crippen LogP contribution in [0, 0.1) is 6.92 Å². The second kappa shape index (κ2) is 9.56. The third-order valence-corrected chi connectivity index (χ3v) is 8.32. The van der Waals surface area contributed by atoms with Gasteiger partial charge >= 0.3 is 5.97 Å². The van der Waals surface area contributed by atoms with Crippen molar-refractivity contribution in [2.45, 2.75) is 44.5 Å². The van der Waals surface area contributed by atoms with Crippen LogP contribution in [0.2, 0.25) is 0 Å². The molecule has 1 saturated heterocycles. The number of carboxylic acid groups (broad SMARTS) is 1. The van der Waals surface area contributed by atoms with Gasteiger partial charge in [0.25, 0.3) is 5.91 Å². The Morgan fingerprint density at radius 1 is 1.45 bits per heavy atom. The number of aromatic nitrogens is 4. The predicted octanol–water partition coefficient (Wildman–Crippen LogP) is 2.28. The molecule has 2 aromatic rings. The Hall–Kier alpha value is -2.86. The first-order valence-electron chi connectivity index (χ1n) is 10.5. The minimum Gasteiger partial charge on any atom is -0.477 e. The molecule has 0 radical (unpaired) electrons. The third-order valence-electron chi connectivity index (χ3n) is 5.93. The summed E-state index contributed by atoms with van der Waals surface area (Å²) in [5, 5.41) is 20.7. The highest BCUT2D eigenvalue weighted by Gasteiger charge is 2.56. The van der Waals surface area contributed by atoms with Crippen molar-refractivity contribution in [1.82, 2.24) is 24.5 Å². The van der Waals surface area contributed by atoms with E-state index >= 15 is 0 Å². The summed E-state index contributed by atoms with van der Waals surface area (Å²) in [6, 6.07) is 6.86. The van der Waals surface area contributed by atoms with E-state index < -0.39 is 23.3 Å². The number of carboxylic acids is 1. The number of β-lactam (4-membered cyclic amide) rings is 1. The van der Waals surface area contributed by atoms with Gasteiger partial charge in [0, 0.05) is 17.2 Å². The molecule has 2 amide bonds. The fourth-order valence-corrected chi connectivity index (χ4v) is 6.25. The number of hydrogen-bond acceptors (Lipinski definition) is 8. The molecule has 3 heterocycles. The van der Waals surface area contributed by atoms with Crippen LogP contribution in [0.3, 0.4) is 0 Å². The van der Waals surface area contributed by atoms with Crippen LogP contribution in [-0.4, -0.2) is 70.8 Å². The summed E-state index contributed by atoms with van der Waals surface area (Å²) in [6.07, 6.45) is 1.61. The van der Waals surface area contributed by atoms with Crippen molar-refractivity contribution in [2.75, 3.05) is 16.4 Å². The van der Waals surface area contributed by atoms with E-state index in [9.17, 15) is 19.5 Å². The highest BCUT2D eigenvalue weighted by Crippen LogP contribution is 2.44. The van der Waals surface area contributed by atoms with Gasteiger partial charge in [0.15, 0.2) is 5.82 Å². The molecule has 1 N–H and O–H groups in total. The highest BCUT2D eigenvalue weighted by molar-refractivity contribution is 8.00. The molecule has 3 atom stereocenters. The highest BCUT2D eigenvalue weighted by atomic mass is 32.2. The summed E-state index contributed by atoms with van der Waals surface area (Å²) in [4.78, 5) is 40.0. The average molecular weight is 489 g/mol. The lowest BCUT2D eigenvalue weighted by molar-refractivity contribution is -0.148. The monoisotopic (exact) mass is 488 g/mol. The first-order chi connectivity index (χ1) is 15.9. The molecule has 0 spiro atoms.